The van der Waals surface area contributed by atoms with E-state index in [9.17, 15) is 0 Å². The van der Waals surface area contributed by atoms with Crippen LogP contribution in [-0.4, -0.2) is 0 Å². The van der Waals surface area contributed by atoms with E-state index in [2.05, 4.69) is 54.5 Å². The Morgan fingerprint density at radius 1 is 0.824 bits per heavy atom. The molecule has 0 N–H and O–H groups in total. The van der Waals surface area contributed by atoms with Crippen molar-refractivity contribution in [3.63, 3.8) is 0 Å². The average Bonchev–Trinajstić information content (AvgIpc) is 2.67. The lowest BCUT2D eigenvalue weighted by molar-refractivity contribution is 0.429. The van der Waals surface area contributed by atoms with Crippen LogP contribution in [0.5, 0.6) is 0 Å². The first-order chi connectivity index (χ1) is 7.73. The molecule has 17 heavy (non-hydrogen) atoms. The summed E-state index contributed by atoms with van der Waals surface area (Å²) in [5.41, 5.74) is 6.50. The minimum atomic E-state index is 0.0692. The fourth-order valence-electron chi connectivity index (χ4n) is 2.25. The summed E-state index contributed by atoms with van der Waals surface area (Å²) in [4.78, 5) is 0. The van der Waals surface area contributed by atoms with E-state index in [0.29, 0.717) is 0 Å². The third-order valence-corrected chi connectivity index (χ3v) is 3.90. The number of hydrogen-bond acceptors (Lipinski definition) is 1. The Labute approximate surface area is 104 Å². The molecular weight excluding hydrogens is 208 g/mol. The summed E-state index contributed by atoms with van der Waals surface area (Å²) < 4.78 is 6.08. The number of benzene rings is 1. The largest absolute Gasteiger partial charge is 0.460 e. The highest BCUT2D eigenvalue weighted by Crippen LogP contribution is 2.35. The normalized spacial score (nSPS) is 12.4. The molecule has 0 saturated carbocycles. The van der Waals surface area contributed by atoms with Crippen LogP contribution in [0.15, 0.2) is 10.5 Å². The first kappa shape index (κ1) is 12.2. The van der Waals surface area contributed by atoms with Crippen molar-refractivity contribution in [3.05, 3.63) is 34.1 Å². The van der Waals surface area contributed by atoms with E-state index in [0.717, 1.165) is 11.3 Å². The van der Waals surface area contributed by atoms with Crippen LogP contribution in [0.3, 0.4) is 0 Å². The van der Waals surface area contributed by atoms with Gasteiger partial charge in [-0.15, -0.1) is 0 Å². The lowest BCUT2D eigenvalue weighted by Gasteiger charge is -2.13. The molecule has 0 aliphatic heterocycles. The SMILES string of the molecule is Cc1c(C)c(C)c2oc(C(C)(C)C)cc2c1C. The Morgan fingerprint density at radius 3 is 1.88 bits per heavy atom. The van der Waals surface area contributed by atoms with Crippen LogP contribution in [0.1, 0.15) is 48.8 Å². The zero-order chi connectivity index (χ0) is 13.0. The van der Waals surface area contributed by atoms with E-state index in [1.807, 2.05) is 0 Å². The van der Waals surface area contributed by atoms with E-state index in [-0.39, 0.29) is 5.41 Å². The molecule has 0 saturated heterocycles. The molecular formula is C16H22O. The molecule has 0 amide bonds. The molecule has 0 aliphatic carbocycles. The monoisotopic (exact) mass is 230 g/mol. The number of rotatable bonds is 0. The zero-order valence-corrected chi connectivity index (χ0v) is 12.0. The summed E-state index contributed by atoms with van der Waals surface area (Å²) in [5.74, 6) is 1.07. The van der Waals surface area contributed by atoms with Crippen molar-refractivity contribution in [1.82, 2.24) is 0 Å². The lowest BCUT2D eigenvalue weighted by atomic mass is 9.92. The molecule has 0 atom stereocenters. The first-order valence-corrected chi connectivity index (χ1v) is 6.24. The Balaban J connectivity index is 2.86. The van der Waals surface area contributed by atoms with Gasteiger partial charge in [-0.3, -0.25) is 0 Å². The minimum Gasteiger partial charge on any atom is -0.460 e. The average molecular weight is 230 g/mol. The Kier molecular flexibility index (Phi) is 2.61. The highest BCUT2D eigenvalue weighted by atomic mass is 16.3. The van der Waals surface area contributed by atoms with Gasteiger partial charge in [-0.2, -0.15) is 0 Å². The number of fused-ring (bicyclic) bond motifs is 1. The molecule has 0 aliphatic rings. The highest BCUT2D eigenvalue weighted by molar-refractivity contribution is 5.87. The smallest absolute Gasteiger partial charge is 0.137 e. The van der Waals surface area contributed by atoms with Crippen molar-refractivity contribution < 1.29 is 4.42 Å². The van der Waals surface area contributed by atoms with Crippen molar-refractivity contribution in [2.45, 2.75) is 53.9 Å². The fraction of sp³-hybridized carbons (Fsp3) is 0.500. The van der Waals surface area contributed by atoms with E-state index < -0.39 is 0 Å². The van der Waals surface area contributed by atoms with Crippen LogP contribution in [0.25, 0.3) is 11.0 Å². The number of furan rings is 1. The van der Waals surface area contributed by atoms with Crippen molar-refractivity contribution in [1.29, 1.82) is 0 Å². The topological polar surface area (TPSA) is 13.1 Å². The van der Waals surface area contributed by atoms with Crippen molar-refractivity contribution >= 4 is 11.0 Å². The summed E-state index contributed by atoms with van der Waals surface area (Å²) in [6.45, 7) is 15.3. The molecule has 1 nitrogen and oxygen atoms in total. The van der Waals surface area contributed by atoms with Gasteiger partial charge in [-0.1, -0.05) is 20.8 Å². The van der Waals surface area contributed by atoms with Gasteiger partial charge in [0.05, 0.1) is 0 Å². The van der Waals surface area contributed by atoms with E-state index >= 15 is 0 Å². The quantitative estimate of drug-likeness (QED) is 0.623. The second kappa shape index (κ2) is 3.63. The third-order valence-electron chi connectivity index (χ3n) is 3.90. The zero-order valence-electron chi connectivity index (χ0n) is 12.0. The molecule has 2 aromatic rings. The summed E-state index contributed by atoms with van der Waals surface area (Å²) in [5, 5.41) is 1.27. The summed E-state index contributed by atoms with van der Waals surface area (Å²) in [6, 6.07) is 2.21. The van der Waals surface area contributed by atoms with Crippen LogP contribution < -0.4 is 0 Å². The van der Waals surface area contributed by atoms with Crippen LogP contribution in [-0.2, 0) is 5.41 Å². The van der Waals surface area contributed by atoms with Gasteiger partial charge in [-0.25, -0.2) is 0 Å². The molecule has 0 bridgehead atoms. The van der Waals surface area contributed by atoms with Crippen LogP contribution >= 0.6 is 0 Å². The molecule has 1 heterocycles. The van der Waals surface area contributed by atoms with Crippen molar-refractivity contribution in [2.75, 3.05) is 0 Å². The first-order valence-electron chi connectivity index (χ1n) is 6.24. The third kappa shape index (κ3) is 1.78. The number of aryl methyl sites for hydroxylation is 2. The lowest BCUT2D eigenvalue weighted by Crippen LogP contribution is -2.08. The van der Waals surface area contributed by atoms with Gasteiger partial charge < -0.3 is 4.42 Å². The summed E-state index contributed by atoms with van der Waals surface area (Å²) in [6.07, 6.45) is 0. The molecule has 2 rings (SSSR count). The second-order valence-corrected chi connectivity index (χ2v) is 6.10. The van der Waals surface area contributed by atoms with Crippen LogP contribution in [0.2, 0.25) is 0 Å². The van der Waals surface area contributed by atoms with E-state index in [4.69, 9.17) is 4.42 Å². The molecule has 1 heteroatoms. The minimum absolute atomic E-state index is 0.0692. The highest BCUT2D eigenvalue weighted by Gasteiger charge is 2.21. The van der Waals surface area contributed by atoms with E-state index in [1.54, 1.807) is 0 Å². The van der Waals surface area contributed by atoms with Gasteiger partial charge in [-0.05, 0) is 56.0 Å². The van der Waals surface area contributed by atoms with Crippen molar-refractivity contribution in [3.8, 4) is 0 Å². The summed E-state index contributed by atoms with van der Waals surface area (Å²) >= 11 is 0. The van der Waals surface area contributed by atoms with Gasteiger partial charge in [0.1, 0.15) is 11.3 Å². The van der Waals surface area contributed by atoms with Gasteiger partial charge in [0.25, 0.3) is 0 Å². The second-order valence-electron chi connectivity index (χ2n) is 6.10. The maximum absolute atomic E-state index is 6.08. The molecule has 0 fully saturated rings. The molecule has 0 unspecified atom stereocenters. The van der Waals surface area contributed by atoms with Crippen molar-refractivity contribution in [2.24, 2.45) is 0 Å². The predicted octanol–water partition coefficient (Wildman–Crippen LogP) is 4.96. The Morgan fingerprint density at radius 2 is 1.35 bits per heavy atom. The Bertz CT molecular complexity index is 535. The molecule has 1 aromatic heterocycles. The van der Waals surface area contributed by atoms with Crippen LogP contribution in [0.4, 0.5) is 0 Å². The fourth-order valence-corrected chi connectivity index (χ4v) is 2.25. The Hall–Kier alpha value is -1.24. The van der Waals surface area contributed by atoms with E-state index in [1.165, 1.54) is 27.6 Å². The van der Waals surface area contributed by atoms with Gasteiger partial charge in [0.15, 0.2) is 0 Å². The molecule has 0 radical (unpaired) electrons. The number of hydrogen-bond donors (Lipinski definition) is 0. The molecule has 1 aromatic carbocycles. The standard InChI is InChI=1S/C16H22O/c1-9-10(2)12(4)15-13(11(9)3)8-14(17-15)16(5,6)7/h8H,1-7H3. The summed E-state index contributed by atoms with van der Waals surface area (Å²) in [7, 11) is 0. The van der Waals surface area contributed by atoms with Gasteiger partial charge in [0.2, 0.25) is 0 Å². The molecule has 92 valence electrons. The predicted molar refractivity (Wildman–Crippen MR) is 73.9 cm³/mol. The maximum Gasteiger partial charge on any atom is 0.137 e. The van der Waals surface area contributed by atoms with Crippen LogP contribution in [0, 0.1) is 27.7 Å². The molecule has 0 spiro atoms. The van der Waals surface area contributed by atoms with Gasteiger partial charge >= 0.3 is 0 Å². The van der Waals surface area contributed by atoms with Gasteiger partial charge in [0, 0.05) is 10.8 Å². The maximum atomic E-state index is 6.08.